The van der Waals surface area contributed by atoms with Crippen LogP contribution in [-0.4, -0.2) is 22.3 Å². The molecule has 1 aliphatic heterocycles. The zero-order valence-electron chi connectivity index (χ0n) is 5.76. The summed E-state index contributed by atoms with van der Waals surface area (Å²) in [5.41, 5.74) is 0. The van der Waals surface area contributed by atoms with Crippen molar-refractivity contribution in [3.63, 3.8) is 0 Å². The second-order valence-electron chi connectivity index (χ2n) is 2.27. The number of aliphatic hydroxyl groups is 1. The molecule has 1 saturated heterocycles. The van der Waals surface area contributed by atoms with Crippen molar-refractivity contribution >= 4 is 17.5 Å². The largest absolute Gasteiger partial charge is 0.514 e. The summed E-state index contributed by atoms with van der Waals surface area (Å²) < 4.78 is 35.9. The van der Waals surface area contributed by atoms with E-state index in [9.17, 15) is 18.0 Å². The third-order valence-electron chi connectivity index (χ3n) is 1.40. The molecule has 0 aromatic rings. The molecule has 0 amide bonds. The Morgan fingerprint density at radius 1 is 1.58 bits per heavy atom. The van der Waals surface area contributed by atoms with E-state index in [-0.39, 0.29) is 4.91 Å². The Labute approximate surface area is 70.4 Å². The van der Waals surface area contributed by atoms with Gasteiger partial charge in [-0.2, -0.15) is 13.2 Å². The molecule has 0 radical (unpaired) electrons. The molecule has 0 saturated carbocycles. The van der Waals surface area contributed by atoms with Crippen molar-refractivity contribution in [3.05, 3.63) is 11.2 Å². The molecular formula is C6H5F3O2S. The molecule has 0 bridgehead atoms. The summed E-state index contributed by atoms with van der Waals surface area (Å²) in [6, 6.07) is 0. The van der Waals surface area contributed by atoms with E-state index in [1.165, 1.54) is 0 Å². The molecular weight excluding hydrogens is 193 g/mol. The van der Waals surface area contributed by atoms with Crippen LogP contribution in [-0.2, 0) is 4.79 Å². The lowest BCUT2D eigenvalue weighted by molar-refractivity contribution is -0.135. The van der Waals surface area contributed by atoms with E-state index in [1.54, 1.807) is 0 Å². The summed E-state index contributed by atoms with van der Waals surface area (Å²) in [4.78, 5) is 10.5. The van der Waals surface area contributed by atoms with Crippen molar-refractivity contribution in [1.82, 2.24) is 0 Å². The Kier molecular flexibility index (Phi) is 2.36. The van der Waals surface area contributed by atoms with Crippen LogP contribution in [0.5, 0.6) is 0 Å². The number of rotatable bonds is 0. The molecule has 1 unspecified atom stereocenters. The number of hydrogen-bond donors (Lipinski definition) is 1. The van der Waals surface area contributed by atoms with Gasteiger partial charge in [0.05, 0.1) is 11.2 Å². The van der Waals surface area contributed by atoms with Gasteiger partial charge < -0.3 is 5.11 Å². The number of aliphatic hydroxyl groups excluding tert-OH is 1. The minimum Gasteiger partial charge on any atom is -0.514 e. The molecule has 1 fully saturated rings. The molecule has 1 aliphatic rings. The SMILES string of the molecule is O=C1CC(C(F)(F)F)SC1=CO. The highest BCUT2D eigenvalue weighted by Gasteiger charge is 2.46. The van der Waals surface area contributed by atoms with E-state index in [4.69, 9.17) is 5.11 Å². The van der Waals surface area contributed by atoms with Crippen molar-refractivity contribution in [2.24, 2.45) is 0 Å². The highest BCUT2D eigenvalue weighted by Crippen LogP contribution is 2.43. The van der Waals surface area contributed by atoms with Gasteiger partial charge in [0.15, 0.2) is 5.78 Å². The van der Waals surface area contributed by atoms with Gasteiger partial charge in [-0.3, -0.25) is 4.79 Å². The lowest BCUT2D eigenvalue weighted by Gasteiger charge is -2.10. The van der Waals surface area contributed by atoms with Gasteiger partial charge in [-0.15, -0.1) is 11.8 Å². The van der Waals surface area contributed by atoms with Crippen molar-refractivity contribution < 1.29 is 23.1 Å². The first kappa shape index (κ1) is 9.44. The maximum atomic E-state index is 12.0. The summed E-state index contributed by atoms with van der Waals surface area (Å²) in [7, 11) is 0. The van der Waals surface area contributed by atoms with Gasteiger partial charge in [0, 0.05) is 6.42 Å². The average Bonchev–Trinajstić information content (AvgIpc) is 2.29. The van der Waals surface area contributed by atoms with E-state index in [0.29, 0.717) is 18.0 Å². The Bertz CT molecular complexity index is 233. The van der Waals surface area contributed by atoms with E-state index in [0.717, 1.165) is 0 Å². The van der Waals surface area contributed by atoms with Crippen LogP contribution in [0.25, 0.3) is 0 Å². The van der Waals surface area contributed by atoms with Gasteiger partial charge in [0.2, 0.25) is 0 Å². The van der Waals surface area contributed by atoms with Crippen LogP contribution < -0.4 is 0 Å². The summed E-state index contributed by atoms with van der Waals surface area (Å²) in [6.45, 7) is 0. The molecule has 1 atom stereocenters. The number of thioether (sulfide) groups is 1. The molecule has 0 aliphatic carbocycles. The number of carbonyl (C=O) groups is 1. The van der Waals surface area contributed by atoms with E-state index in [2.05, 4.69) is 0 Å². The summed E-state index contributed by atoms with van der Waals surface area (Å²) in [5.74, 6) is -0.648. The molecule has 1 rings (SSSR count). The minimum atomic E-state index is -4.37. The highest BCUT2D eigenvalue weighted by atomic mass is 32.2. The predicted molar refractivity (Wildman–Crippen MR) is 37.8 cm³/mol. The van der Waals surface area contributed by atoms with Gasteiger partial charge >= 0.3 is 6.18 Å². The number of ketones is 1. The molecule has 1 heterocycles. The molecule has 6 heteroatoms. The van der Waals surface area contributed by atoms with Gasteiger partial charge in [-0.05, 0) is 0 Å². The van der Waals surface area contributed by atoms with Gasteiger partial charge in [0.1, 0.15) is 5.25 Å². The van der Waals surface area contributed by atoms with Crippen molar-refractivity contribution in [2.75, 3.05) is 0 Å². The van der Waals surface area contributed by atoms with Crippen molar-refractivity contribution in [1.29, 1.82) is 0 Å². The Morgan fingerprint density at radius 2 is 2.17 bits per heavy atom. The predicted octanol–water partition coefficient (Wildman–Crippen LogP) is 2.02. The van der Waals surface area contributed by atoms with E-state index in [1.807, 2.05) is 0 Å². The smallest absolute Gasteiger partial charge is 0.401 e. The molecule has 68 valence electrons. The fraction of sp³-hybridized carbons (Fsp3) is 0.500. The van der Waals surface area contributed by atoms with Crippen LogP contribution in [0, 0.1) is 0 Å². The standard InChI is InChI=1S/C6H5F3O2S/c7-6(8,9)5-1-3(11)4(2-10)12-5/h2,5,10H,1H2. The van der Waals surface area contributed by atoms with Gasteiger partial charge in [-0.25, -0.2) is 0 Å². The second kappa shape index (κ2) is 3.01. The average molecular weight is 198 g/mol. The second-order valence-corrected chi connectivity index (χ2v) is 3.51. The van der Waals surface area contributed by atoms with Gasteiger partial charge in [0.25, 0.3) is 0 Å². The number of halogens is 3. The first-order chi connectivity index (χ1) is 5.45. The van der Waals surface area contributed by atoms with Crippen molar-refractivity contribution in [2.45, 2.75) is 17.8 Å². The topological polar surface area (TPSA) is 37.3 Å². The lowest BCUT2D eigenvalue weighted by Crippen LogP contribution is -2.23. The Balaban J connectivity index is 2.74. The fourth-order valence-electron chi connectivity index (χ4n) is 0.815. The van der Waals surface area contributed by atoms with Crippen LogP contribution in [0.1, 0.15) is 6.42 Å². The van der Waals surface area contributed by atoms with Crippen LogP contribution in [0.4, 0.5) is 13.2 Å². The number of carbonyl (C=O) groups excluding carboxylic acids is 1. The van der Waals surface area contributed by atoms with E-state index < -0.39 is 23.6 Å². The number of alkyl halides is 3. The first-order valence-electron chi connectivity index (χ1n) is 3.06. The Hall–Kier alpha value is -0.650. The fourth-order valence-corrected chi connectivity index (χ4v) is 1.77. The van der Waals surface area contributed by atoms with Crippen LogP contribution in [0.15, 0.2) is 11.2 Å². The minimum absolute atomic E-state index is 0.211. The summed E-state index contributed by atoms with van der Waals surface area (Å²) in [5, 5.41) is 6.66. The highest BCUT2D eigenvalue weighted by molar-refractivity contribution is 8.05. The van der Waals surface area contributed by atoms with Crippen LogP contribution >= 0.6 is 11.8 Å². The van der Waals surface area contributed by atoms with Gasteiger partial charge in [-0.1, -0.05) is 0 Å². The number of Topliss-reactive ketones (excluding diaryl/α,β-unsaturated/α-hetero) is 1. The molecule has 0 spiro atoms. The molecule has 1 N–H and O–H groups in total. The van der Waals surface area contributed by atoms with Crippen LogP contribution in [0.2, 0.25) is 0 Å². The summed E-state index contributed by atoms with van der Waals surface area (Å²) >= 11 is 0.362. The quantitative estimate of drug-likeness (QED) is 0.478. The monoisotopic (exact) mass is 198 g/mol. The molecule has 12 heavy (non-hydrogen) atoms. The third kappa shape index (κ3) is 1.74. The first-order valence-corrected chi connectivity index (χ1v) is 3.94. The number of allylic oxidation sites excluding steroid dienone is 1. The normalized spacial score (nSPS) is 28.4. The van der Waals surface area contributed by atoms with Crippen LogP contribution in [0.3, 0.4) is 0 Å². The summed E-state index contributed by atoms with van der Waals surface area (Å²) in [6.07, 6.45) is -4.51. The zero-order valence-corrected chi connectivity index (χ0v) is 6.58. The Morgan fingerprint density at radius 3 is 2.42 bits per heavy atom. The maximum Gasteiger partial charge on any atom is 0.401 e. The third-order valence-corrected chi connectivity index (χ3v) is 2.70. The maximum absolute atomic E-state index is 12.0. The lowest BCUT2D eigenvalue weighted by atomic mass is 10.2. The van der Waals surface area contributed by atoms with Crippen molar-refractivity contribution in [3.8, 4) is 0 Å². The zero-order chi connectivity index (χ0) is 9.35. The molecule has 0 aromatic carbocycles. The number of hydrogen-bond acceptors (Lipinski definition) is 3. The van der Waals surface area contributed by atoms with E-state index >= 15 is 0 Å². The molecule has 0 aromatic heterocycles. The molecule has 2 nitrogen and oxygen atoms in total.